The first-order valence-electron chi connectivity index (χ1n) is 6.99. The molecule has 126 valence electrons. The predicted molar refractivity (Wildman–Crippen MR) is 106 cm³/mol. The number of thioether (sulfide) groups is 1. The molecular formula is C16H10BrN3O3S2. The first kappa shape index (κ1) is 17.6. The minimum absolute atomic E-state index is 0.0222. The molecule has 9 heteroatoms. The number of benzene rings is 2. The van der Waals surface area contributed by atoms with E-state index in [2.05, 4.69) is 21.4 Å². The maximum atomic E-state index is 12.5. The second kappa shape index (κ2) is 7.34. The third-order valence-electron chi connectivity index (χ3n) is 3.28. The van der Waals surface area contributed by atoms with Crippen LogP contribution in [0.5, 0.6) is 0 Å². The zero-order valence-electron chi connectivity index (χ0n) is 12.5. The Morgan fingerprint density at radius 2 is 1.80 bits per heavy atom. The third kappa shape index (κ3) is 4.06. The number of anilines is 1. The number of halogens is 1. The van der Waals surface area contributed by atoms with Crippen molar-refractivity contribution in [1.82, 2.24) is 5.01 Å². The highest BCUT2D eigenvalue weighted by Gasteiger charge is 2.32. The number of nitro groups is 1. The molecule has 0 unspecified atom stereocenters. The van der Waals surface area contributed by atoms with Gasteiger partial charge in [-0.25, -0.2) is 5.01 Å². The van der Waals surface area contributed by atoms with Crippen LogP contribution in [0.1, 0.15) is 5.56 Å². The number of thiocarbonyl (C=S) groups is 1. The summed E-state index contributed by atoms with van der Waals surface area (Å²) >= 11 is 9.81. The van der Waals surface area contributed by atoms with Gasteiger partial charge in [-0.3, -0.25) is 20.3 Å². The molecule has 25 heavy (non-hydrogen) atoms. The Balaban J connectivity index is 1.77. The fraction of sp³-hybridized carbons (Fsp3) is 0. The lowest BCUT2D eigenvalue weighted by atomic mass is 10.2. The lowest BCUT2D eigenvalue weighted by Crippen LogP contribution is -2.33. The third-order valence-corrected chi connectivity index (χ3v) is 5.11. The number of hydrazine groups is 1. The number of carbonyl (C=O) groups excluding carboxylic acids is 1. The van der Waals surface area contributed by atoms with Crippen LogP contribution >= 0.6 is 39.9 Å². The van der Waals surface area contributed by atoms with Crippen molar-refractivity contribution >= 4 is 67.6 Å². The van der Waals surface area contributed by atoms with Gasteiger partial charge < -0.3 is 0 Å². The number of nitrogens with zero attached hydrogens (tertiary/aromatic N) is 2. The van der Waals surface area contributed by atoms with Gasteiger partial charge in [-0.15, -0.1) is 0 Å². The number of nitro benzene ring substituents is 1. The van der Waals surface area contributed by atoms with Crippen LogP contribution in [0.3, 0.4) is 0 Å². The predicted octanol–water partition coefficient (Wildman–Crippen LogP) is 4.59. The zero-order valence-corrected chi connectivity index (χ0v) is 15.7. The monoisotopic (exact) mass is 435 g/mol. The highest BCUT2D eigenvalue weighted by atomic mass is 79.9. The molecule has 1 aliphatic rings. The molecule has 1 saturated heterocycles. The molecule has 0 saturated carbocycles. The molecule has 0 radical (unpaired) electrons. The first-order valence-corrected chi connectivity index (χ1v) is 9.00. The van der Waals surface area contributed by atoms with E-state index in [-0.39, 0.29) is 11.6 Å². The maximum Gasteiger partial charge on any atom is 0.285 e. The molecule has 1 fully saturated rings. The van der Waals surface area contributed by atoms with Gasteiger partial charge in [0.05, 0.1) is 15.5 Å². The van der Waals surface area contributed by atoms with Crippen LogP contribution in [0.2, 0.25) is 0 Å². The van der Waals surface area contributed by atoms with Crippen molar-refractivity contribution in [3.63, 3.8) is 0 Å². The SMILES string of the molecule is O=C1/C(=C\c2ccc(Br)cc2)SC(=S)N1Nc1ccc([N+](=O)[O-])cc1. The minimum Gasteiger partial charge on any atom is -0.290 e. The molecule has 1 heterocycles. The summed E-state index contributed by atoms with van der Waals surface area (Å²) < 4.78 is 1.32. The Morgan fingerprint density at radius 1 is 1.16 bits per heavy atom. The van der Waals surface area contributed by atoms with E-state index in [0.717, 1.165) is 10.0 Å². The molecule has 0 aliphatic carbocycles. The summed E-state index contributed by atoms with van der Waals surface area (Å²) in [5.41, 5.74) is 4.28. The van der Waals surface area contributed by atoms with Crippen molar-refractivity contribution in [1.29, 1.82) is 0 Å². The van der Waals surface area contributed by atoms with Crippen molar-refractivity contribution in [2.75, 3.05) is 5.43 Å². The van der Waals surface area contributed by atoms with Crippen LogP contribution in [-0.4, -0.2) is 20.2 Å². The Hall–Kier alpha value is -2.23. The van der Waals surface area contributed by atoms with Crippen molar-refractivity contribution in [2.45, 2.75) is 0 Å². The maximum absolute atomic E-state index is 12.5. The molecular weight excluding hydrogens is 426 g/mol. The normalized spacial score (nSPS) is 15.7. The van der Waals surface area contributed by atoms with Gasteiger partial charge >= 0.3 is 0 Å². The number of carbonyl (C=O) groups is 1. The number of non-ortho nitro benzene ring substituents is 1. The minimum atomic E-state index is -0.482. The summed E-state index contributed by atoms with van der Waals surface area (Å²) in [6.07, 6.45) is 1.77. The topological polar surface area (TPSA) is 75.5 Å². The summed E-state index contributed by atoms with van der Waals surface area (Å²) in [4.78, 5) is 23.2. The zero-order chi connectivity index (χ0) is 18.0. The number of hydrogen-bond donors (Lipinski definition) is 1. The van der Waals surface area contributed by atoms with Crippen molar-refractivity contribution in [3.05, 3.63) is 73.6 Å². The molecule has 0 spiro atoms. The van der Waals surface area contributed by atoms with E-state index in [4.69, 9.17) is 12.2 Å². The van der Waals surface area contributed by atoms with E-state index in [1.807, 2.05) is 24.3 Å². The quantitative estimate of drug-likeness (QED) is 0.327. The Labute approximate surface area is 161 Å². The largest absolute Gasteiger partial charge is 0.290 e. The standard InChI is InChI=1S/C16H10BrN3O3S2/c17-11-3-1-10(2-4-11)9-14-15(21)19(16(24)25-14)18-12-5-7-13(8-6-12)20(22)23/h1-9,18H/b14-9+. The van der Waals surface area contributed by atoms with Gasteiger partial charge in [0.1, 0.15) is 0 Å². The molecule has 1 amide bonds. The van der Waals surface area contributed by atoms with E-state index in [9.17, 15) is 14.9 Å². The van der Waals surface area contributed by atoms with Gasteiger partial charge in [0.25, 0.3) is 11.6 Å². The van der Waals surface area contributed by atoms with Gasteiger partial charge in [-0.05, 0) is 48.1 Å². The van der Waals surface area contributed by atoms with E-state index in [1.54, 1.807) is 6.08 Å². The molecule has 0 atom stereocenters. The second-order valence-electron chi connectivity index (χ2n) is 4.98. The van der Waals surface area contributed by atoms with Crippen molar-refractivity contribution in [3.8, 4) is 0 Å². The molecule has 3 rings (SSSR count). The lowest BCUT2D eigenvalue weighted by molar-refractivity contribution is -0.384. The van der Waals surface area contributed by atoms with Crippen LogP contribution in [0.4, 0.5) is 11.4 Å². The summed E-state index contributed by atoms with van der Waals surface area (Å²) in [5.74, 6) is -0.267. The Kier molecular flexibility index (Phi) is 5.16. The molecule has 2 aromatic carbocycles. The summed E-state index contributed by atoms with van der Waals surface area (Å²) in [5, 5.41) is 11.9. The number of nitrogens with one attached hydrogen (secondary N) is 1. The molecule has 6 nitrogen and oxygen atoms in total. The summed E-state index contributed by atoms with van der Waals surface area (Å²) in [7, 11) is 0. The van der Waals surface area contributed by atoms with Gasteiger partial charge in [0, 0.05) is 16.6 Å². The average Bonchev–Trinajstić information content (AvgIpc) is 2.85. The first-order chi connectivity index (χ1) is 11.9. The van der Waals surface area contributed by atoms with Crippen LogP contribution < -0.4 is 5.43 Å². The lowest BCUT2D eigenvalue weighted by Gasteiger charge is -2.16. The molecule has 1 N–H and O–H groups in total. The summed E-state index contributed by atoms with van der Waals surface area (Å²) in [6.45, 7) is 0. The average molecular weight is 436 g/mol. The fourth-order valence-electron chi connectivity index (χ4n) is 2.06. The Morgan fingerprint density at radius 3 is 2.40 bits per heavy atom. The van der Waals surface area contributed by atoms with Gasteiger partial charge in [0.2, 0.25) is 0 Å². The second-order valence-corrected chi connectivity index (χ2v) is 7.58. The van der Waals surface area contributed by atoms with E-state index >= 15 is 0 Å². The number of hydrogen-bond acceptors (Lipinski definition) is 6. The van der Waals surface area contributed by atoms with Crippen LogP contribution in [0, 0.1) is 10.1 Å². The van der Waals surface area contributed by atoms with Crippen LogP contribution in [0.15, 0.2) is 57.9 Å². The van der Waals surface area contributed by atoms with E-state index in [0.29, 0.717) is 14.9 Å². The van der Waals surface area contributed by atoms with Crippen LogP contribution in [0.25, 0.3) is 6.08 Å². The van der Waals surface area contributed by atoms with Gasteiger partial charge in [0.15, 0.2) is 4.32 Å². The Bertz CT molecular complexity index is 883. The van der Waals surface area contributed by atoms with Crippen LogP contribution in [-0.2, 0) is 4.79 Å². The highest BCUT2D eigenvalue weighted by Crippen LogP contribution is 2.33. The molecule has 2 aromatic rings. The van der Waals surface area contributed by atoms with Gasteiger partial charge in [-0.1, -0.05) is 39.8 Å². The smallest absolute Gasteiger partial charge is 0.285 e. The van der Waals surface area contributed by atoms with Crippen molar-refractivity contribution < 1.29 is 9.72 Å². The fourth-order valence-corrected chi connectivity index (χ4v) is 3.51. The molecule has 0 aromatic heterocycles. The van der Waals surface area contributed by atoms with Crippen molar-refractivity contribution in [2.24, 2.45) is 0 Å². The molecule has 1 aliphatic heterocycles. The number of amides is 1. The number of rotatable bonds is 4. The van der Waals surface area contributed by atoms with E-state index < -0.39 is 4.92 Å². The highest BCUT2D eigenvalue weighted by molar-refractivity contribution is 9.10. The molecule has 0 bridgehead atoms. The van der Waals surface area contributed by atoms with E-state index in [1.165, 1.54) is 41.0 Å². The van der Waals surface area contributed by atoms with Gasteiger partial charge in [-0.2, -0.15) is 0 Å². The summed E-state index contributed by atoms with van der Waals surface area (Å²) in [6, 6.07) is 13.3.